The van der Waals surface area contributed by atoms with Crippen molar-refractivity contribution >= 4 is 58.4 Å². The maximum absolute atomic E-state index is 12.6. The number of benzene rings is 1. The van der Waals surface area contributed by atoms with Gasteiger partial charge in [-0.15, -0.1) is 12.4 Å². The Balaban J connectivity index is 0.00000192. The zero-order chi connectivity index (χ0) is 15.9. The summed E-state index contributed by atoms with van der Waals surface area (Å²) >= 11 is 13.4. The molecule has 8 heteroatoms. The van der Waals surface area contributed by atoms with Crippen molar-refractivity contribution in [3.63, 3.8) is 0 Å². The van der Waals surface area contributed by atoms with E-state index >= 15 is 0 Å². The lowest BCUT2D eigenvalue weighted by atomic mass is 10.2. The normalized spacial score (nSPS) is 16.2. The van der Waals surface area contributed by atoms with E-state index in [0.717, 1.165) is 34.4 Å². The summed E-state index contributed by atoms with van der Waals surface area (Å²) in [4.78, 5) is 21.6. The highest BCUT2D eigenvalue weighted by Crippen LogP contribution is 2.37. The van der Waals surface area contributed by atoms with Gasteiger partial charge in [-0.25, -0.2) is 0 Å². The molecule has 0 N–H and O–H groups in total. The third-order valence-electron chi connectivity index (χ3n) is 3.67. The molecule has 0 radical (unpaired) electrons. The molecular weight excluding hydrogens is 377 g/mol. The highest BCUT2D eigenvalue weighted by molar-refractivity contribution is 8.18. The molecule has 0 saturated carbocycles. The molecule has 0 spiro atoms. The first-order valence-electron chi connectivity index (χ1n) is 6.87. The first-order valence-corrected chi connectivity index (χ1v) is 8.44. The van der Waals surface area contributed by atoms with Crippen LogP contribution in [0, 0.1) is 0 Å². The first-order chi connectivity index (χ1) is 10.5. The van der Waals surface area contributed by atoms with Gasteiger partial charge in [0.1, 0.15) is 0 Å². The largest absolute Gasteiger partial charge is 0.337 e. The number of nitrogens with zero attached hydrogens (tertiary/aromatic N) is 3. The SMILES string of the molecule is CC1=C(C(=O)N(C)Cc2ccc(Cl)c(Cl)c2)SC2=NCCN21.Cl. The average Bonchev–Trinajstić information content (AvgIpc) is 3.05. The van der Waals surface area contributed by atoms with E-state index in [4.69, 9.17) is 23.2 Å². The van der Waals surface area contributed by atoms with Gasteiger partial charge in [-0.1, -0.05) is 29.3 Å². The van der Waals surface area contributed by atoms with Crippen LogP contribution in [0.2, 0.25) is 10.0 Å². The Labute approximate surface area is 155 Å². The van der Waals surface area contributed by atoms with Gasteiger partial charge in [0.15, 0.2) is 5.17 Å². The third-order valence-corrected chi connectivity index (χ3v) is 5.62. The van der Waals surface area contributed by atoms with Crippen LogP contribution in [0.15, 0.2) is 33.8 Å². The zero-order valence-electron chi connectivity index (χ0n) is 12.7. The molecule has 2 aliphatic heterocycles. The van der Waals surface area contributed by atoms with Gasteiger partial charge in [-0.05, 0) is 36.4 Å². The minimum atomic E-state index is 0. The number of carbonyl (C=O) groups excluding carboxylic acids is 1. The van der Waals surface area contributed by atoms with E-state index in [9.17, 15) is 4.79 Å². The predicted molar refractivity (Wildman–Crippen MR) is 99.5 cm³/mol. The number of thioether (sulfide) groups is 1. The molecule has 2 heterocycles. The number of hydrogen-bond donors (Lipinski definition) is 0. The molecule has 3 rings (SSSR count). The van der Waals surface area contributed by atoms with Gasteiger partial charge in [0.2, 0.25) is 0 Å². The van der Waals surface area contributed by atoms with Gasteiger partial charge < -0.3 is 9.80 Å². The number of halogens is 3. The maximum Gasteiger partial charge on any atom is 0.262 e. The van der Waals surface area contributed by atoms with Gasteiger partial charge in [-0.3, -0.25) is 9.79 Å². The minimum absolute atomic E-state index is 0. The smallest absolute Gasteiger partial charge is 0.262 e. The van der Waals surface area contributed by atoms with Crippen LogP contribution in [0.4, 0.5) is 0 Å². The second-order valence-corrected chi connectivity index (χ2v) is 7.03. The van der Waals surface area contributed by atoms with Gasteiger partial charge >= 0.3 is 0 Å². The van der Waals surface area contributed by atoms with E-state index in [1.54, 1.807) is 24.1 Å². The van der Waals surface area contributed by atoms with E-state index in [1.165, 1.54) is 11.8 Å². The number of amidine groups is 1. The van der Waals surface area contributed by atoms with Gasteiger partial charge in [0.05, 0.1) is 21.5 Å². The van der Waals surface area contributed by atoms with Crippen molar-refractivity contribution < 1.29 is 4.79 Å². The van der Waals surface area contributed by atoms with Crippen LogP contribution >= 0.6 is 47.4 Å². The number of allylic oxidation sites excluding steroid dienone is 1. The van der Waals surface area contributed by atoms with E-state index < -0.39 is 0 Å². The molecule has 0 aliphatic carbocycles. The number of hydrogen-bond acceptors (Lipinski definition) is 4. The van der Waals surface area contributed by atoms with Gasteiger partial charge in [0.25, 0.3) is 5.91 Å². The zero-order valence-corrected chi connectivity index (χ0v) is 15.8. The fourth-order valence-corrected chi connectivity index (χ4v) is 3.97. The summed E-state index contributed by atoms with van der Waals surface area (Å²) in [7, 11) is 1.79. The van der Waals surface area contributed by atoms with Crippen LogP contribution in [0.3, 0.4) is 0 Å². The summed E-state index contributed by atoms with van der Waals surface area (Å²) in [5.74, 6) is 0.00525. The monoisotopic (exact) mass is 391 g/mol. The molecule has 0 aromatic heterocycles. The molecule has 0 unspecified atom stereocenters. The lowest BCUT2D eigenvalue weighted by molar-refractivity contribution is -0.125. The highest BCUT2D eigenvalue weighted by atomic mass is 35.5. The lowest BCUT2D eigenvalue weighted by Crippen LogP contribution is -2.27. The summed E-state index contributed by atoms with van der Waals surface area (Å²) in [5, 5.41) is 1.95. The topological polar surface area (TPSA) is 35.9 Å². The molecule has 1 aromatic carbocycles. The number of amides is 1. The van der Waals surface area contributed by atoms with Crippen LogP contribution in [0.1, 0.15) is 12.5 Å². The molecule has 0 atom stereocenters. The van der Waals surface area contributed by atoms with Crippen LogP contribution in [0.5, 0.6) is 0 Å². The van der Waals surface area contributed by atoms with Crippen molar-refractivity contribution in [3.05, 3.63) is 44.4 Å². The van der Waals surface area contributed by atoms with E-state index in [2.05, 4.69) is 9.89 Å². The Morgan fingerprint density at radius 3 is 2.78 bits per heavy atom. The number of rotatable bonds is 3. The standard InChI is InChI=1S/C15H15Cl2N3OS.ClH/c1-9-13(22-15-18-5-6-20(9)15)14(21)19(2)8-10-3-4-11(16)12(17)7-10;/h3-4,7H,5-6,8H2,1-2H3;1H. The Morgan fingerprint density at radius 2 is 2.13 bits per heavy atom. The number of fused-ring (bicyclic) bond motifs is 1. The molecule has 124 valence electrons. The summed E-state index contributed by atoms with van der Waals surface area (Å²) in [6, 6.07) is 5.42. The summed E-state index contributed by atoms with van der Waals surface area (Å²) in [5.41, 5.74) is 1.94. The lowest BCUT2D eigenvalue weighted by Gasteiger charge is -2.18. The van der Waals surface area contributed by atoms with Gasteiger partial charge in [0, 0.05) is 25.8 Å². The molecular formula is C15H16Cl3N3OS. The van der Waals surface area contributed by atoms with Crippen molar-refractivity contribution in [2.24, 2.45) is 4.99 Å². The van der Waals surface area contributed by atoms with Crippen molar-refractivity contribution in [2.45, 2.75) is 13.5 Å². The second kappa shape index (κ2) is 7.34. The first kappa shape index (κ1) is 18.5. The van der Waals surface area contributed by atoms with Crippen LogP contribution in [0.25, 0.3) is 0 Å². The molecule has 1 aromatic rings. The van der Waals surface area contributed by atoms with Gasteiger partial charge in [-0.2, -0.15) is 0 Å². The van der Waals surface area contributed by atoms with Crippen LogP contribution in [-0.4, -0.2) is 41.0 Å². The minimum Gasteiger partial charge on any atom is -0.337 e. The van der Waals surface area contributed by atoms with E-state index in [-0.39, 0.29) is 18.3 Å². The summed E-state index contributed by atoms with van der Waals surface area (Å²) in [6.45, 7) is 4.13. The van der Waals surface area contributed by atoms with E-state index in [1.807, 2.05) is 13.0 Å². The fraction of sp³-hybridized carbons (Fsp3) is 0.333. The Bertz CT molecular complexity index is 705. The average molecular weight is 393 g/mol. The molecule has 1 amide bonds. The number of likely N-dealkylation sites (N-methyl/N-ethyl adjacent to an activating group) is 1. The predicted octanol–water partition coefficient (Wildman–Crippen LogP) is 4.02. The highest BCUT2D eigenvalue weighted by Gasteiger charge is 2.34. The molecule has 2 aliphatic rings. The van der Waals surface area contributed by atoms with Crippen molar-refractivity contribution in [2.75, 3.05) is 20.1 Å². The molecule has 0 saturated heterocycles. The number of aliphatic imine (C=N–C) groups is 1. The Morgan fingerprint density at radius 1 is 1.39 bits per heavy atom. The molecule has 23 heavy (non-hydrogen) atoms. The molecule has 4 nitrogen and oxygen atoms in total. The molecule has 0 fully saturated rings. The maximum atomic E-state index is 12.6. The quantitative estimate of drug-likeness (QED) is 0.779. The number of carbonyl (C=O) groups is 1. The van der Waals surface area contributed by atoms with Crippen molar-refractivity contribution in [3.8, 4) is 0 Å². The van der Waals surface area contributed by atoms with Crippen LogP contribution < -0.4 is 0 Å². The summed E-state index contributed by atoms with van der Waals surface area (Å²) in [6.07, 6.45) is 0. The molecule has 0 bridgehead atoms. The summed E-state index contributed by atoms with van der Waals surface area (Å²) < 4.78 is 0. The van der Waals surface area contributed by atoms with E-state index in [0.29, 0.717) is 16.6 Å². The van der Waals surface area contributed by atoms with Crippen molar-refractivity contribution in [1.29, 1.82) is 0 Å². The second-order valence-electron chi connectivity index (χ2n) is 5.24. The third kappa shape index (κ3) is 3.63. The Kier molecular flexibility index (Phi) is 5.89. The fourth-order valence-electron chi connectivity index (χ4n) is 2.47. The Hall–Kier alpha value is -0.880. The van der Waals surface area contributed by atoms with Crippen LogP contribution in [-0.2, 0) is 11.3 Å². The van der Waals surface area contributed by atoms with Crippen molar-refractivity contribution in [1.82, 2.24) is 9.80 Å².